The maximum Gasteiger partial charge on any atom is 0.105 e. The minimum absolute atomic E-state index is 0.617. The zero-order valence-corrected chi connectivity index (χ0v) is 10.0. The molecule has 1 heterocycles. The van der Waals surface area contributed by atoms with E-state index in [2.05, 4.69) is 9.55 Å². The average Bonchev–Trinajstić information content (AvgIpc) is 2.68. The Balaban J connectivity index is 1.91. The van der Waals surface area contributed by atoms with Crippen LogP contribution in [0.4, 0.5) is 0 Å². The van der Waals surface area contributed by atoms with Gasteiger partial charge >= 0.3 is 0 Å². The molecule has 0 atom stereocenters. The molecule has 0 aliphatic carbocycles. The molecule has 5 heteroatoms. The van der Waals surface area contributed by atoms with Gasteiger partial charge in [0.05, 0.1) is 33.0 Å². The first-order valence-corrected chi connectivity index (χ1v) is 5.46. The van der Waals surface area contributed by atoms with Crippen molar-refractivity contribution in [1.82, 2.24) is 9.55 Å². The van der Waals surface area contributed by atoms with Crippen LogP contribution in [0.25, 0.3) is 0 Å². The summed E-state index contributed by atoms with van der Waals surface area (Å²) >= 11 is 0. The molecule has 0 saturated carbocycles. The fraction of sp³-hybridized carbons (Fsp3) is 0.727. The predicted octanol–water partition coefficient (Wildman–Crippen LogP) is 0.871. The number of imidazole rings is 1. The van der Waals surface area contributed by atoms with E-state index in [-0.39, 0.29) is 0 Å². The van der Waals surface area contributed by atoms with Crippen LogP contribution in [0.2, 0.25) is 0 Å². The Kier molecular flexibility index (Phi) is 6.80. The third-order valence-electron chi connectivity index (χ3n) is 2.20. The SMILES string of the molecule is COCCOCCOCCn1ccnc1C. The molecule has 0 unspecified atom stereocenters. The number of rotatable bonds is 9. The first-order chi connectivity index (χ1) is 7.84. The Labute approximate surface area is 96.3 Å². The summed E-state index contributed by atoms with van der Waals surface area (Å²) in [5.41, 5.74) is 0. The van der Waals surface area contributed by atoms with Crippen LogP contribution in [0.15, 0.2) is 12.4 Å². The summed E-state index contributed by atoms with van der Waals surface area (Å²) in [6, 6.07) is 0. The first kappa shape index (κ1) is 13.2. The van der Waals surface area contributed by atoms with Crippen molar-refractivity contribution in [3.63, 3.8) is 0 Å². The summed E-state index contributed by atoms with van der Waals surface area (Å²) in [4.78, 5) is 4.13. The number of methoxy groups -OCH3 is 1. The van der Waals surface area contributed by atoms with Crippen LogP contribution in [0.1, 0.15) is 5.82 Å². The van der Waals surface area contributed by atoms with Gasteiger partial charge in [0, 0.05) is 26.0 Å². The van der Waals surface area contributed by atoms with Crippen molar-refractivity contribution in [2.24, 2.45) is 0 Å². The van der Waals surface area contributed by atoms with Crippen molar-refractivity contribution in [1.29, 1.82) is 0 Å². The fourth-order valence-corrected chi connectivity index (χ4v) is 1.27. The monoisotopic (exact) mass is 228 g/mol. The van der Waals surface area contributed by atoms with Gasteiger partial charge in [0.15, 0.2) is 0 Å². The summed E-state index contributed by atoms with van der Waals surface area (Å²) in [6.07, 6.45) is 3.75. The molecule has 0 aromatic carbocycles. The van der Waals surface area contributed by atoms with Gasteiger partial charge in [0.2, 0.25) is 0 Å². The molecule has 5 nitrogen and oxygen atoms in total. The molecule has 92 valence electrons. The Morgan fingerprint density at radius 3 is 2.44 bits per heavy atom. The van der Waals surface area contributed by atoms with E-state index in [1.54, 1.807) is 13.3 Å². The van der Waals surface area contributed by atoms with Gasteiger partial charge in [-0.3, -0.25) is 0 Å². The third kappa shape index (κ3) is 5.25. The number of nitrogens with zero attached hydrogens (tertiary/aromatic N) is 2. The van der Waals surface area contributed by atoms with Gasteiger partial charge in [0.1, 0.15) is 5.82 Å². The van der Waals surface area contributed by atoms with Crippen molar-refractivity contribution in [2.45, 2.75) is 13.5 Å². The lowest BCUT2D eigenvalue weighted by molar-refractivity contribution is 0.0229. The molecule has 0 fully saturated rings. The quantitative estimate of drug-likeness (QED) is 0.588. The molecule has 0 N–H and O–H groups in total. The lowest BCUT2D eigenvalue weighted by Gasteiger charge is -2.07. The normalized spacial score (nSPS) is 10.9. The molecule has 1 aromatic rings. The summed E-state index contributed by atoms with van der Waals surface area (Å²) in [5.74, 6) is 1.01. The molecule has 0 saturated heterocycles. The van der Waals surface area contributed by atoms with Crippen LogP contribution in [0, 0.1) is 6.92 Å². The second kappa shape index (κ2) is 8.27. The molecule has 0 spiro atoms. The summed E-state index contributed by atoms with van der Waals surface area (Å²) in [6.45, 7) is 6.00. The van der Waals surface area contributed by atoms with E-state index in [1.165, 1.54) is 0 Å². The number of hydrogen-bond acceptors (Lipinski definition) is 4. The molecule has 1 rings (SSSR count). The number of aromatic nitrogens is 2. The van der Waals surface area contributed by atoms with Gasteiger partial charge in [-0.15, -0.1) is 0 Å². The maximum absolute atomic E-state index is 5.43. The highest BCUT2D eigenvalue weighted by Gasteiger charge is 1.96. The van der Waals surface area contributed by atoms with E-state index in [4.69, 9.17) is 14.2 Å². The van der Waals surface area contributed by atoms with Crippen LogP contribution in [0.3, 0.4) is 0 Å². The lowest BCUT2D eigenvalue weighted by atomic mass is 10.6. The zero-order valence-electron chi connectivity index (χ0n) is 10.0. The number of aryl methyl sites for hydroxylation is 1. The van der Waals surface area contributed by atoms with Gasteiger partial charge in [-0.2, -0.15) is 0 Å². The number of hydrogen-bond donors (Lipinski definition) is 0. The smallest absolute Gasteiger partial charge is 0.105 e. The predicted molar refractivity (Wildman–Crippen MR) is 60.5 cm³/mol. The van der Waals surface area contributed by atoms with Gasteiger partial charge in [-0.05, 0) is 6.92 Å². The van der Waals surface area contributed by atoms with Crippen LogP contribution in [0.5, 0.6) is 0 Å². The highest BCUT2D eigenvalue weighted by atomic mass is 16.5. The molecule has 0 amide bonds. The highest BCUT2D eigenvalue weighted by Crippen LogP contribution is 1.94. The molecule has 1 aromatic heterocycles. The summed E-state index contributed by atoms with van der Waals surface area (Å²) in [5, 5.41) is 0. The third-order valence-corrected chi connectivity index (χ3v) is 2.20. The molecule has 0 aliphatic rings. The largest absolute Gasteiger partial charge is 0.382 e. The second-order valence-electron chi connectivity index (χ2n) is 3.39. The second-order valence-corrected chi connectivity index (χ2v) is 3.39. The molecule has 0 bridgehead atoms. The van der Waals surface area contributed by atoms with E-state index in [1.807, 2.05) is 13.1 Å². The van der Waals surface area contributed by atoms with Crippen molar-refractivity contribution < 1.29 is 14.2 Å². The Morgan fingerprint density at radius 2 is 1.81 bits per heavy atom. The lowest BCUT2D eigenvalue weighted by Crippen LogP contribution is -2.12. The van der Waals surface area contributed by atoms with Crippen LogP contribution >= 0.6 is 0 Å². The zero-order chi connectivity index (χ0) is 11.6. The van der Waals surface area contributed by atoms with E-state index in [9.17, 15) is 0 Å². The van der Waals surface area contributed by atoms with Crippen molar-refractivity contribution in [3.8, 4) is 0 Å². The van der Waals surface area contributed by atoms with Crippen LogP contribution in [-0.2, 0) is 20.8 Å². The molecule has 0 radical (unpaired) electrons. The summed E-state index contributed by atoms with van der Waals surface area (Å²) in [7, 11) is 1.66. The van der Waals surface area contributed by atoms with Gasteiger partial charge < -0.3 is 18.8 Å². The van der Waals surface area contributed by atoms with E-state index >= 15 is 0 Å². The van der Waals surface area contributed by atoms with E-state index in [0.717, 1.165) is 12.4 Å². The van der Waals surface area contributed by atoms with E-state index < -0.39 is 0 Å². The summed E-state index contributed by atoms with van der Waals surface area (Å²) < 4.78 is 17.6. The average molecular weight is 228 g/mol. The van der Waals surface area contributed by atoms with Crippen molar-refractivity contribution in [3.05, 3.63) is 18.2 Å². The standard InChI is InChI=1S/C11H20N2O3/c1-11-12-3-4-13(11)5-6-15-9-10-16-8-7-14-2/h3-4H,5-10H2,1-2H3. The van der Waals surface area contributed by atoms with Crippen LogP contribution < -0.4 is 0 Å². The van der Waals surface area contributed by atoms with Crippen LogP contribution in [-0.4, -0.2) is 49.7 Å². The Bertz CT molecular complexity index is 276. The molecule has 0 aliphatic heterocycles. The Morgan fingerprint density at radius 1 is 1.12 bits per heavy atom. The maximum atomic E-state index is 5.43. The van der Waals surface area contributed by atoms with E-state index in [0.29, 0.717) is 33.0 Å². The minimum atomic E-state index is 0.617. The Hall–Kier alpha value is -0.910. The molecular weight excluding hydrogens is 208 g/mol. The fourth-order valence-electron chi connectivity index (χ4n) is 1.27. The first-order valence-electron chi connectivity index (χ1n) is 5.46. The van der Waals surface area contributed by atoms with Crippen molar-refractivity contribution in [2.75, 3.05) is 40.1 Å². The van der Waals surface area contributed by atoms with Gasteiger partial charge in [-0.1, -0.05) is 0 Å². The van der Waals surface area contributed by atoms with Crippen molar-refractivity contribution >= 4 is 0 Å². The van der Waals surface area contributed by atoms with Gasteiger partial charge in [-0.25, -0.2) is 4.98 Å². The highest BCUT2D eigenvalue weighted by molar-refractivity contribution is 4.87. The molecular formula is C11H20N2O3. The number of ether oxygens (including phenoxy) is 3. The molecule has 16 heavy (non-hydrogen) atoms. The van der Waals surface area contributed by atoms with Gasteiger partial charge in [0.25, 0.3) is 0 Å². The topological polar surface area (TPSA) is 45.5 Å². The minimum Gasteiger partial charge on any atom is -0.382 e.